The smallest absolute Gasteiger partial charge is 0.236 e. The Morgan fingerprint density at radius 1 is 1.21 bits per heavy atom. The molecule has 1 aliphatic rings. The molecule has 0 aliphatic carbocycles. The summed E-state index contributed by atoms with van der Waals surface area (Å²) < 4.78 is 5.49. The van der Waals surface area contributed by atoms with E-state index in [1.807, 2.05) is 48.2 Å². The van der Waals surface area contributed by atoms with Crippen LogP contribution in [-0.2, 0) is 17.8 Å². The van der Waals surface area contributed by atoms with Crippen LogP contribution in [0.5, 0.6) is 0 Å². The third-order valence-corrected chi connectivity index (χ3v) is 7.18. The van der Waals surface area contributed by atoms with E-state index in [1.165, 1.54) is 22.2 Å². The number of fused-ring (bicyclic) bond motifs is 2. The third kappa shape index (κ3) is 3.56. The van der Waals surface area contributed by atoms with Crippen LogP contribution in [0.4, 0.5) is 0 Å². The van der Waals surface area contributed by atoms with Crippen molar-refractivity contribution < 1.29 is 9.21 Å². The lowest BCUT2D eigenvalue weighted by Crippen LogP contribution is -2.39. The molecule has 0 fully saturated rings. The van der Waals surface area contributed by atoms with Crippen LogP contribution in [0.15, 0.2) is 63.6 Å². The molecule has 0 spiro atoms. The van der Waals surface area contributed by atoms with Crippen LogP contribution in [0, 0.1) is 0 Å². The SMILES string of the molecule is CC(Sc1nc(-c2ccco2)nc2ccccc12)C(=O)N1CCc2sccc2C1. The Kier molecular flexibility index (Phi) is 4.85. The standard InChI is InChI=1S/C22H19N3O2S2/c1-14(22(26)25-10-8-19-15(13-25)9-12-28-19)29-21-16-5-2-3-6-17(16)23-20(24-21)18-7-4-11-27-18/h2-7,9,11-12,14H,8,10,13H2,1H3. The summed E-state index contributed by atoms with van der Waals surface area (Å²) in [5.74, 6) is 1.31. The Balaban J connectivity index is 1.43. The first-order valence-corrected chi connectivity index (χ1v) is 11.3. The van der Waals surface area contributed by atoms with E-state index in [1.54, 1.807) is 17.6 Å². The normalized spacial score (nSPS) is 14.7. The lowest BCUT2D eigenvalue weighted by molar-refractivity contribution is -0.131. The molecule has 1 aromatic carbocycles. The van der Waals surface area contributed by atoms with Crippen LogP contribution in [0.1, 0.15) is 17.4 Å². The van der Waals surface area contributed by atoms with Gasteiger partial charge in [0.2, 0.25) is 5.91 Å². The molecule has 0 saturated carbocycles. The molecule has 146 valence electrons. The fourth-order valence-electron chi connectivity index (χ4n) is 3.56. The second-order valence-electron chi connectivity index (χ2n) is 6.99. The van der Waals surface area contributed by atoms with Gasteiger partial charge in [-0.25, -0.2) is 9.97 Å². The number of aromatic nitrogens is 2. The highest BCUT2D eigenvalue weighted by Crippen LogP contribution is 2.33. The number of thioether (sulfide) groups is 1. The van der Waals surface area contributed by atoms with Crippen LogP contribution in [0.25, 0.3) is 22.5 Å². The highest BCUT2D eigenvalue weighted by atomic mass is 32.2. The van der Waals surface area contributed by atoms with Crippen molar-refractivity contribution in [3.8, 4) is 11.6 Å². The van der Waals surface area contributed by atoms with E-state index in [4.69, 9.17) is 9.40 Å². The number of nitrogens with zero attached hydrogens (tertiary/aromatic N) is 3. The highest BCUT2D eigenvalue weighted by Gasteiger charge is 2.27. The first kappa shape index (κ1) is 18.4. The number of rotatable bonds is 4. The molecular formula is C22H19N3O2S2. The summed E-state index contributed by atoms with van der Waals surface area (Å²) >= 11 is 3.27. The van der Waals surface area contributed by atoms with Crippen molar-refractivity contribution in [2.24, 2.45) is 0 Å². The lowest BCUT2D eigenvalue weighted by Gasteiger charge is -2.29. The zero-order chi connectivity index (χ0) is 19.8. The van der Waals surface area contributed by atoms with Crippen LogP contribution in [0.2, 0.25) is 0 Å². The van der Waals surface area contributed by atoms with E-state index >= 15 is 0 Å². The summed E-state index contributed by atoms with van der Waals surface area (Å²) in [6.45, 7) is 3.43. The van der Waals surface area contributed by atoms with Gasteiger partial charge in [0.15, 0.2) is 11.6 Å². The van der Waals surface area contributed by atoms with Gasteiger partial charge in [-0.2, -0.15) is 0 Å². The Bertz CT molecular complexity index is 1170. The Labute approximate surface area is 176 Å². The zero-order valence-electron chi connectivity index (χ0n) is 15.9. The Morgan fingerprint density at radius 2 is 2.10 bits per heavy atom. The van der Waals surface area contributed by atoms with Crippen molar-refractivity contribution in [1.29, 1.82) is 0 Å². The van der Waals surface area contributed by atoms with Gasteiger partial charge < -0.3 is 9.32 Å². The number of carbonyl (C=O) groups excluding carboxylic acids is 1. The molecule has 5 rings (SSSR count). The highest BCUT2D eigenvalue weighted by molar-refractivity contribution is 8.00. The second-order valence-corrected chi connectivity index (χ2v) is 9.32. The maximum atomic E-state index is 13.1. The summed E-state index contributed by atoms with van der Waals surface area (Å²) in [4.78, 5) is 25.8. The number of furan rings is 1. The van der Waals surface area contributed by atoms with E-state index in [0.717, 1.165) is 28.9 Å². The van der Waals surface area contributed by atoms with Crippen molar-refractivity contribution in [1.82, 2.24) is 14.9 Å². The van der Waals surface area contributed by atoms with Crippen LogP contribution in [0.3, 0.4) is 0 Å². The molecule has 0 bridgehead atoms. The number of thiophene rings is 1. The topological polar surface area (TPSA) is 59.2 Å². The molecule has 29 heavy (non-hydrogen) atoms. The number of hydrogen-bond acceptors (Lipinski definition) is 6. The van der Waals surface area contributed by atoms with Crippen LogP contribution in [-0.4, -0.2) is 32.6 Å². The molecule has 4 aromatic rings. The molecule has 5 nitrogen and oxygen atoms in total. The average molecular weight is 422 g/mol. The maximum Gasteiger partial charge on any atom is 0.236 e. The van der Waals surface area contributed by atoms with E-state index in [-0.39, 0.29) is 11.2 Å². The molecular weight excluding hydrogens is 402 g/mol. The van der Waals surface area contributed by atoms with Gasteiger partial charge in [-0.05, 0) is 48.6 Å². The molecule has 1 amide bonds. The minimum absolute atomic E-state index is 0.147. The second kappa shape index (κ2) is 7.65. The lowest BCUT2D eigenvalue weighted by atomic mass is 10.1. The molecule has 7 heteroatoms. The van der Waals surface area contributed by atoms with Crippen molar-refractivity contribution >= 4 is 39.9 Å². The molecule has 3 aromatic heterocycles. The Hall–Kier alpha value is -2.64. The summed E-state index contributed by atoms with van der Waals surface area (Å²) in [6, 6.07) is 13.7. The molecule has 1 atom stereocenters. The summed E-state index contributed by atoms with van der Waals surface area (Å²) in [7, 11) is 0. The fourth-order valence-corrected chi connectivity index (χ4v) is 5.48. The van der Waals surface area contributed by atoms with Gasteiger partial charge in [0.1, 0.15) is 5.03 Å². The predicted octanol–water partition coefficient (Wildman–Crippen LogP) is 5.02. The van der Waals surface area contributed by atoms with Gasteiger partial charge in [0.05, 0.1) is 17.0 Å². The number of benzene rings is 1. The summed E-state index contributed by atoms with van der Waals surface area (Å²) in [6.07, 6.45) is 2.55. The van der Waals surface area contributed by atoms with E-state index in [9.17, 15) is 4.79 Å². The van der Waals surface area contributed by atoms with Gasteiger partial charge in [-0.3, -0.25) is 4.79 Å². The fraction of sp³-hybridized carbons (Fsp3) is 0.227. The molecule has 4 heterocycles. The molecule has 0 saturated heterocycles. The molecule has 0 radical (unpaired) electrons. The number of para-hydroxylation sites is 1. The van der Waals surface area contributed by atoms with Gasteiger partial charge in [-0.15, -0.1) is 11.3 Å². The number of hydrogen-bond donors (Lipinski definition) is 0. The van der Waals surface area contributed by atoms with Crippen LogP contribution >= 0.6 is 23.1 Å². The zero-order valence-corrected chi connectivity index (χ0v) is 17.5. The minimum atomic E-state index is -0.238. The minimum Gasteiger partial charge on any atom is -0.461 e. The third-order valence-electron chi connectivity index (χ3n) is 5.07. The first-order chi connectivity index (χ1) is 14.2. The van der Waals surface area contributed by atoms with E-state index in [2.05, 4.69) is 16.4 Å². The summed E-state index contributed by atoms with van der Waals surface area (Å²) in [5, 5.41) is 3.63. The van der Waals surface area contributed by atoms with Crippen molar-refractivity contribution in [3.63, 3.8) is 0 Å². The average Bonchev–Trinajstić information content (AvgIpc) is 3.44. The molecule has 1 aliphatic heterocycles. The van der Waals surface area contributed by atoms with Gasteiger partial charge in [0.25, 0.3) is 0 Å². The van der Waals surface area contributed by atoms with Gasteiger partial charge >= 0.3 is 0 Å². The number of carbonyl (C=O) groups is 1. The summed E-state index contributed by atoms with van der Waals surface area (Å²) in [5.41, 5.74) is 2.12. The van der Waals surface area contributed by atoms with Crippen molar-refractivity contribution in [2.75, 3.05) is 6.54 Å². The quantitative estimate of drug-likeness (QED) is 0.342. The maximum absolute atomic E-state index is 13.1. The molecule has 0 N–H and O–H groups in total. The first-order valence-electron chi connectivity index (χ1n) is 9.50. The van der Waals surface area contributed by atoms with E-state index in [0.29, 0.717) is 18.1 Å². The predicted molar refractivity (Wildman–Crippen MR) is 116 cm³/mol. The van der Waals surface area contributed by atoms with Gasteiger partial charge in [0, 0.05) is 23.4 Å². The van der Waals surface area contributed by atoms with Gasteiger partial charge in [-0.1, -0.05) is 30.0 Å². The Morgan fingerprint density at radius 3 is 2.97 bits per heavy atom. The van der Waals surface area contributed by atoms with Crippen molar-refractivity contribution in [2.45, 2.75) is 30.2 Å². The largest absolute Gasteiger partial charge is 0.461 e. The van der Waals surface area contributed by atoms with Crippen molar-refractivity contribution in [3.05, 3.63) is 64.5 Å². The number of amides is 1. The van der Waals surface area contributed by atoms with E-state index < -0.39 is 0 Å². The monoisotopic (exact) mass is 421 g/mol. The molecule has 1 unspecified atom stereocenters. The van der Waals surface area contributed by atoms with Crippen LogP contribution < -0.4 is 0 Å².